The zero-order valence-corrected chi connectivity index (χ0v) is 14.2. The predicted molar refractivity (Wildman–Crippen MR) is 93.4 cm³/mol. The van der Waals surface area contributed by atoms with Crippen molar-refractivity contribution in [2.45, 2.75) is 13.0 Å². The van der Waals surface area contributed by atoms with E-state index in [1.165, 1.54) is 23.1 Å². The van der Waals surface area contributed by atoms with Gasteiger partial charge in [-0.05, 0) is 31.2 Å². The minimum absolute atomic E-state index is 0.185. The van der Waals surface area contributed by atoms with E-state index in [1.54, 1.807) is 31.5 Å². The van der Waals surface area contributed by atoms with Crippen LogP contribution in [0.1, 0.15) is 29.9 Å². The number of rotatable bonds is 4. The molecule has 0 unspecified atom stereocenters. The van der Waals surface area contributed by atoms with E-state index in [-0.39, 0.29) is 11.1 Å². The largest absolute Gasteiger partial charge is 0.328 e. The molecule has 0 bridgehead atoms. The number of nitrogens with zero attached hydrogens (tertiary/aromatic N) is 7. The average Bonchev–Trinajstić information content (AvgIpc) is 3.18. The topological polar surface area (TPSA) is 145 Å². The van der Waals surface area contributed by atoms with Gasteiger partial charge in [-0.3, -0.25) is 0 Å². The van der Waals surface area contributed by atoms with Gasteiger partial charge >= 0.3 is 6.03 Å². The number of carbonyl (C=O) groups is 1. The highest BCUT2D eigenvalue weighted by Crippen LogP contribution is 2.16. The van der Waals surface area contributed by atoms with Gasteiger partial charge in [0.2, 0.25) is 0 Å². The fourth-order valence-electron chi connectivity index (χ4n) is 2.34. The predicted octanol–water partition coefficient (Wildman–Crippen LogP) is 1.68. The fraction of sp³-hybridized carbons (Fsp3) is 0.118. The maximum absolute atomic E-state index is 12.3. The van der Waals surface area contributed by atoms with Gasteiger partial charge in [-0.15, -0.1) is 0 Å². The van der Waals surface area contributed by atoms with Crippen LogP contribution in [0, 0.1) is 22.7 Å². The molecule has 132 valence electrons. The Hall–Kier alpha value is -4.31. The summed E-state index contributed by atoms with van der Waals surface area (Å²) in [5.74, 6) is 0.790. The second kappa shape index (κ2) is 7.72. The lowest BCUT2D eigenvalue weighted by Crippen LogP contribution is -2.32. The normalized spacial score (nSPS) is 11.1. The number of hydrogen-bond acceptors (Lipinski definition) is 7. The molecule has 2 aromatic heterocycles. The lowest BCUT2D eigenvalue weighted by atomic mass is 10.1. The van der Waals surface area contributed by atoms with Crippen molar-refractivity contribution >= 4 is 11.7 Å². The highest BCUT2D eigenvalue weighted by molar-refractivity contribution is 5.89. The molecule has 1 atom stereocenters. The summed E-state index contributed by atoms with van der Waals surface area (Å²) >= 11 is 0. The smallest absolute Gasteiger partial charge is 0.319 e. The lowest BCUT2D eigenvalue weighted by Gasteiger charge is -2.14. The van der Waals surface area contributed by atoms with Crippen LogP contribution in [0.4, 0.5) is 10.5 Å². The van der Waals surface area contributed by atoms with Crippen LogP contribution >= 0.6 is 0 Å². The molecule has 1 aromatic carbocycles. The van der Waals surface area contributed by atoms with Crippen molar-refractivity contribution < 1.29 is 4.79 Å². The molecule has 0 aliphatic carbocycles. The molecule has 0 fully saturated rings. The number of benzene rings is 1. The molecule has 2 heterocycles. The second-order valence-corrected chi connectivity index (χ2v) is 5.38. The Labute approximate surface area is 154 Å². The van der Waals surface area contributed by atoms with Gasteiger partial charge in [0.05, 0.1) is 17.2 Å². The van der Waals surface area contributed by atoms with E-state index in [4.69, 9.17) is 10.5 Å². The molecule has 0 spiro atoms. The van der Waals surface area contributed by atoms with Gasteiger partial charge in [-0.1, -0.05) is 0 Å². The molecule has 27 heavy (non-hydrogen) atoms. The molecule has 3 rings (SSSR count). The molecule has 10 nitrogen and oxygen atoms in total. The van der Waals surface area contributed by atoms with Gasteiger partial charge in [0.1, 0.15) is 18.5 Å². The summed E-state index contributed by atoms with van der Waals surface area (Å²) in [7, 11) is 0. The number of urea groups is 1. The Morgan fingerprint density at radius 3 is 2.59 bits per heavy atom. The monoisotopic (exact) mass is 359 g/mol. The first-order chi connectivity index (χ1) is 13.1. The SMILES string of the molecule is C[C@H](NC(=O)Nc1ccc(C#N)c(C#N)c1)c1ncnn1-c1ncccn1. The third kappa shape index (κ3) is 3.86. The maximum atomic E-state index is 12.3. The van der Waals surface area contributed by atoms with Crippen molar-refractivity contribution in [2.24, 2.45) is 0 Å². The number of nitriles is 2. The molecule has 0 saturated heterocycles. The summed E-state index contributed by atoms with van der Waals surface area (Å²) in [6.07, 6.45) is 4.51. The quantitative estimate of drug-likeness (QED) is 0.720. The maximum Gasteiger partial charge on any atom is 0.319 e. The fourth-order valence-corrected chi connectivity index (χ4v) is 2.34. The lowest BCUT2D eigenvalue weighted by molar-refractivity contribution is 0.248. The highest BCUT2D eigenvalue weighted by atomic mass is 16.2. The van der Waals surface area contributed by atoms with Crippen molar-refractivity contribution in [1.82, 2.24) is 30.0 Å². The summed E-state index contributed by atoms with van der Waals surface area (Å²) in [6, 6.07) is 8.98. The zero-order chi connectivity index (χ0) is 19.2. The Balaban J connectivity index is 1.72. The summed E-state index contributed by atoms with van der Waals surface area (Å²) in [5.41, 5.74) is 0.820. The minimum Gasteiger partial charge on any atom is -0.328 e. The second-order valence-electron chi connectivity index (χ2n) is 5.38. The molecule has 3 aromatic rings. The van der Waals surface area contributed by atoms with Crippen LogP contribution in [0.3, 0.4) is 0 Å². The number of nitrogens with one attached hydrogen (secondary N) is 2. The molecule has 0 saturated carbocycles. The zero-order valence-electron chi connectivity index (χ0n) is 14.2. The Bertz CT molecular complexity index is 1050. The van der Waals surface area contributed by atoms with Crippen LogP contribution in [-0.4, -0.2) is 30.8 Å². The van der Waals surface area contributed by atoms with E-state index in [0.29, 0.717) is 17.5 Å². The van der Waals surface area contributed by atoms with Gasteiger partial charge in [-0.25, -0.2) is 19.7 Å². The molecule has 10 heteroatoms. The number of anilines is 1. The van der Waals surface area contributed by atoms with Crippen LogP contribution in [0.2, 0.25) is 0 Å². The molecule has 0 aliphatic heterocycles. The van der Waals surface area contributed by atoms with Crippen molar-refractivity contribution in [3.05, 3.63) is 59.9 Å². The van der Waals surface area contributed by atoms with E-state index >= 15 is 0 Å². The van der Waals surface area contributed by atoms with E-state index in [9.17, 15) is 4.79 Å². The van der Waals surface area contributed by atoms with E-state index in [2.05, 4.69) is 30.7 Å². The Morgan fingerprint density at radius 1 is 1.15 bits per heavy atom. The standard InChI is InChI=1S/C17H13N9O/c1-11(15-22-10-23-26(15)16-20-5-2-6-21-16)24-17(27)25-14-4-3-12(8-18)13(7-14)9-19/h2-7,10-11H,1H3,(H2,24,25,27)/t11-/m0/s1. The van der Waals surface area contributed by atoms with Gasteiger partial charge < -0.3 is 10.6 Å². The van der Waals surface area contributed by atoms with Crippen molar-refractivity contribution in [3.63, 3.8) is 0 Å². The van der Waals surface area contributed by atoms with Crippen LogP contribution in [-0.2, 0) is 0 Å². The summed E-state index contributed by atoms with van der Waals surface area (Å²) in [4.78, 5) is 24.6. The molecule has 0 aliphatic rings. The Morgan fingerprint density at radius 2 is 1.89 bits per heavy atom. The minimum atomic E-state index is -0.500. The molecule has 2 N–H and O–H groups in total. The number of carbonyl (C=O) groups excluding carboxylic acids is 1. The first kappa shape index (κ1) is 17.5. The average molecular weight is 359 g/mol. The van der Waals surface area contributed by atoms with Crippen LogP contribution < -0.4 is 10.6 Å². The molecular formula is C17H13N9O. The molecule has 0 radical (unpaired) electrons. The number of amides is 2. The van der Waals surface area contributed by atoms with Gasteiger partial charge in [-0.2, -0.15) is 20.3 Å². The van der Waals surface area contributed by atoms with Crippen molar-refractivity contribution in [1.29, 1.82) is 10.5 Å². The molecule has 2 amide bonds. The van der Waals surface area contributed by atoms with Crippen LogP contribution in [0.5, 0.6) is 0 Å². The van der Waals surface area contributed by atoms with E-state index in [0.717, 1.165) is 0 Å². The third-order valence-electron chi connectivity index (χ3n) is 3.57. The first-order valence-electron chi connectivity index (χ1n) is 7.81. The van der Waals surface area contributed by atoms with E-state index in [1.807, 2.05) is 12.1 Å². The van der Waals surface area contributed by atoms with Gasteiger partial charge in [0.15, 0.2) is 5.82 Å². The van der Waals surface area contributed by atoms with Crippen LogP contribution in [0.15, 0.2) is 43.0 Å². The van der Waals surface area contributed by atoms with E-state index < -0.39 is 12.1 Å². The number of aromatic nitrogens is 5. The van der Waals surface area contributed by atoms with Gasteiger partial charge in [0, 0.05) is 18.1 Å². The summed E-state index contributed by atoms with van der Waals surface area (Å²) < 4.78 is 1.43. The van der Waals surface area contributed by atoms with Gasteiger partial charge in [0.25, 0.3) is 5.95 Å². The highest BCUT2D eigenvalue weighted by Gasteiger charge is 2.18. The number of hydrogen-bond donors (Lipinski definition) is 2. The first-order valence-corrected chi connectivity index (χ1v) is 7.81. The molecular weight excluding hydrogens is 346 g/mol. The summed E-state index contributed by atoms with van der Waals surface area (Å²) in [6.45, 7) is 1.74. The van der Waals surface area contributed by atoms with Crippen molar-refractivity contribution in [2.75, 3.05) is 5.32 Å². The van der Waals surface area contributed by atoms with Crippen molar-refractivity contribution in [3.8, 4) is 18.1 Å². The summed E-state index contributed by atoms with van der Waals surface area (Å²) in [5, 5.41) is 27.4. The third-order valence-corrected chi connectivity index (χ3v) is 3.57. The Kier molecular flexibility index (Phi) is 5.00. The van der Waals surface area contributed by atoms with Crippen LogP contribution in [0.25, 0.3) is 5.95 Å².